The average molecular weight is 375 g/mol. The molecule has 4 rings (SSSR count). The Bertz CT molecular complexity index is 956. The Labute approximate surface area is 163 Å². The SMILES string of the molecule is O=C(CCOc1ccccc1-c1ccccc1)Nc1ccc2c(c1)OCCO2. The highest BCUT2D eigenvalue weighted by atomic mass is 16.6. The summed E-state index contributed by atoms with van der Waals surface area (Å²) in [5, 5.41) is 2.87. The zero-order chi connectivity index (χ0) is 19.2. The van der Waals surface area contributed by atoms with E-state index in [0.717, 1.165) is 16.9 Å². The van der Waals surface area contributed by atoms with Crippen molar-refractivity contribution in [3.63, 3.8) is 0 Å². The summed E-state index contributed by atoms with van der Waals surface area (Å²) in [6, 6.07) is 23.3. The van der Waals surface area contributed by atoms with Crippen molar-refractivity contribution in [3.8, 4) is 28.4 Å². The van der Waals surface area contributed by atoms with Gasteiger partial charge in [0, 0.05) is 17.3 Å². The number of anilines is 1. The molecule has 1 aliphatic heterocycles. The van der Waals surface area contributed by atoms with Crippen LogP contribution in [-0.4, -0.2) is 25.7 Å². The summed E-state index contributed by atoms with van der Waals surface area (Å²) in [4.78, 5) is 12.3. The molecule has 0 fully saturated rings. The number of hydrogen-bond donors (Lipinski definition) is 1. The van der Waals surface area contributed by atoms with Gasteiger partial charge in [-0.2, -0.15) is 0 Å². The third kappa shape index (κ3) is 4.26. The van der Waals surface area contributed by atoms with E-state index in [1.807, 2.05) is 54.6 Å². The number of nitrogens with one attached hydrogen (secondary N) is 1. The third-order valence-corrected chi connectivity index (χ3v) is 4.38. The molecule has 1 N–H and O–H groups in total. The van der Waals surface area contributed by atoms with Crippen molar-refractivity contribution in [1.29, 1.82) is 0 Å². The molecule has 5 heteroatoms. The van der Waals surface area contributed by atoms with Gasteiger partial charge in [-0.3, -0.25) is 4.79 Å². The van der Waals surface area contributed by atoms with Crippen LogP contribution in [0.3, 0.4) is 0 Å². The van der Waals surface area contributed by atoms with E-state index >= 15 is 0 Å². The van der Waals surface area contributed by atoms with Crippen LogP contribution in [-0.2, 0) is 4.79 Å². The van der Waals surface area contributed by atoms with Gasteiger partial charge in [-0.1, -0.05) is 48.5 Å². The smallest absolute Gasteiger partial charge is 0.227 e. The molecule has 0 radical (unpaired) electrons. The first-order chi connectivity index (χ1) is 13.8. The summed E-state index contributed by atoms with van der Waals surface area (Å²) in [5.74, 6) is 2.00. The minimum absolute atomic E-state index is 0.117. The fraction of sp³-hybridized carbons (Fsp3) is 0.174. The molecule has 0 saturated heterocycles. The molecular formula is C23H21NO4. The lowest BCUT2D eigenvalue weighted by molar-refractivity contribution is -0.116. The van der Waals surface area contributed by atoms with Crippen molar-refractivity contribution in [2.75, 3.05) is 25.1 Å². The van der Waals surface area contributed by atoms with E-state index in [1.54, 1.807) is 18.2 Å². The number of rotatable bonds is 6. The molecule has 1 heterocycles. The van der Waals surface area contributed by atoms with Gasteiger partial charge in [0.15, 0.2) is 11.5 Å². The third-order valence-electron chi connectivity index (χ3n) is 4.38. The summed E-state index contributed by atoms with van der Waals surface area (Å²) < 4.78 is 16.9. The van der Waals surface area contributed by atoms with Crippen LogP contribution in [0.1, 0.15) is 6.42 Å². The van der Waals surface area contributed by atoms with E-state index < -0.39 is 0 Å². The number of carbonyl (C=O) groups excluding carboxylic acids is 1. The summed E-state index contributed by atoms with van der Waals surface area (Å²) in [6.07, 6.45) is 0.248. The Balaban J connectivity index is 1.34. The molecule has 1 amide bonds. The predicted octanol–water partition coefficient (Wildman–Crippen LogP) is 4.53. The van der Waals surface area contributed by atoms with Crippen molar-refractivity contribution in [3.05, 3.63) is 72.8 Å². The van der Waals surface area contributed by atoms with Crippen LogP contribution in [0.25, 0.3) is 11.1 Å². The molecule has 0 unspecified atom stereocenters. The molecule has 3 aromatic carbocycles. The first-order valence-corrected chi connectivity index (χ1v) is 9.26. The summed E-state index contributed by atoms with van der Waals surface area (Å²) in [7, 11) is 0. The van der Waals surface area contributed by atoms with Crippen molar-refractivity contribution >= 4 is 11.6 Å². The van der Waals surface area contributed by atoms with E-state index in [2.05, 4.69) is 5.32 Å². The van der Waals surface area contributed by atoms with E-state index in [0.29, 0.717) is 37.0 Å². The first-order valence-electron chi connectivity index (χ1n) is 9.26. The fourth-order valence-corrected chi connectivity index (χ4v) is 3.05. The van der Waals surface area contributed by atoms with Crippen molar-refractivity contribution < 1.29 is 19.0 Å². The lowest BCUT2D eigenvalue weighted by Gasteiger charge is -2.19. The van der Waals surface area contributed by atoms with Gasteiger partial charge < -0.3 is 19.5 Å². The molecule has 28 heavy (non-hydrogen) atoms. The second kappa shape index (κ2) is 8.48. The lowest BCUT2D eigenvalue weighted by atomic mass is 10.1. The Morgan fingerprint density at radius 2 is 1.64 bits per heavy atom. The number of hydrogen-bond acceptors (Lipinski definition) is 4. The second-order valence-corrected chi connectivity index (χ2v) is 6.37. The lowest BCUT2D eigenvalue weighted by Crippen LogP contribution is -2.17. The number of fused-ring (bicyclic) bond motifs is 1. The number of benzene rings is 3. The van der Waals surface area contributed by atoms with Gasteiger partial charge in [-0.25, -0.2) is 0 Å². The average Bonchev–Trinajstić information content (AvgIpc) is 2.75. The Morgan fingerprint density at radius 3 is 2.50 bits per heavy atom. The summed E-state index contributed by atoms with van der Waals surface area (Å²) in [6.45, 7) is 1.35. The van der Waals surface area contributed by atoms with Gasteiger partial charge in [-0.15, -0.1) is 0 Å². The fourth-order valence-electron chi connectivity index (χ4n) is 3.05. The predicted molar refractivity (Wildman–Crippen MR) is 108 cm³/mol. The minimum Gasteiger partial charge on any atom is -0.492 e. The molecule has 5 nitrogen and oxygen atoms in total. The van der Waals surface area contributed by atoms with Crippen LogP contribution in [0.2, 0.25) is 0 Å². The van der Waals surface area contributed by atoms with Gasteiger partial charge in [0.1, 0.15) is 19.0 Å². The highest BCUT2D eigenvalue weighted by Crippen LogP contribution is 2.33. The highest BCUT2D eigenvalue weighted by Gasteiger charge is 2.13. The molecule has 0 aromatic heterocycles. The molecule has 1 aliphatic rings. The van der Waals surface area contributed by atoms with E-state index in [-0.39, 0.29) is 12.3 Å². The number of amides is 1. The van der Waals surface area contributed by atoms with Crippen LogP contribution in [0.5, 0.6) is 17.2 Å². The maximum absolute atomic E-state index is 12.3. The van der Waals surface area contributed by atoms with Crippen molar-refractivity contribution in [2.45, 2.75) is 6.42 Å². The Morgan fingerprint density at radius 1 is 0.893 bits per heavy atom. The number of para-hydroxylation sites is 1. The van der Waals surface area contributed by atoms with E-state index in [9.17, 15) is 4.79 Å². The highest BCUT2D eigenvalue weighted by molar-refractivity contribution is 5.91. The zero-order valence-electron chi connectivity index (χ0n) is 15.4. The maximum Gasteiger partial charge on any atom is 0.227 e. The first kappa shape index (κ1) is 17.9. The van der Waals surface area contributed by atoms with Crippen LogP contribution < -0.4 is 19.5 Å². The van der Waals surface area contributed by atoms with Crippen LogP contribution in [0.15, 0.2) is 72.8 Å². The van der Waals surface area contributed by atoms with E-state index in [4.69, 9.17) is 14.2 Å². The number of ether oxygens (including phenoxy) is 3. The van der Waals surface area contributed by atoms with Crippen LogP contribution >= 0.6 is 0 Å². The van der Waals surface area contributed by atoms with E-state index in [1.165, 1.54) is 0 Å². The minimum atomic E-state index is -0.117. The normalized spacial score (nSPS) is 12.3. The summed E-state index contributed by atoms with van der Waals surface area (Å²) in [5.41, 5.74) is 2.77. The van der Waals surface area contributed by atoms with Gasteiger partial charge in [0.25, 0.3) is 0 Å². The van der Waals surface area contributed by atoms with Crippen molar-refractivity contribution in [2.24, 2.45) is 0 Å². The largest absolute Gasteiger partial charge is 0.492 e. The molecule has 0 aliphatic carbocycles. The van der Waals surface area contributed by atoms with Crippen LogP contribution in [0.4, 0.5) is 5.69 Å². The van der Waals surface area contributed by atoms with Gasteiger partial charge in [0.2, 0.25) is 5.91 Å². The standard InChI is InChI=1S/C23H21NO4/c25-23(24-18-10-11-21-22(16-18)28-15-14-27-21)12-13-26-20-9-5-4-8-19(20)17-6-2-1-3-7-17/h1-11,16H,12-15H2,(H,24,25). The molecule has 0 bridgehead atoms. The molecule has 3 aromatic rings. The topological polar surface area (TPSA) is 56.8 Å². The zero-order valence-corrected chi connectivity index (χ0v) is 15.4. The molecule has 0 saturated carbocycles. The molecule has 142 valence electrons. The maximum atomic E-state index is 12.3. The second-order valence-electron chi connectivity index (χ2n) is 6.37. The molecule has 0 spiro atoms. The summed E-state index contributed by atoms with van der Waals surface area (Å²) >= 11 is 0. The van der Waals surface area contributed by atoms with Gasteiger partial charge in [0.05, 0.1) is 13.0 Å². The molecular weight excluding hydrogens is 354 g/mol. The Hall–Kier alpha value is -3.47. The van der Waals surface area contributed by atoms with Crippen molar-refractivity contribution in [1.82, 2.24) is 0 Å². The Kier molecular flexibility index (Phi) is 5.43. The quantitative estimate of drug-likeness (QED) is 0.688. The molecule has 0 atom stereocenters. The van der Waals surface area contributed by atoms with Crippen LogP contribution in [0, 0.1) is 0 Å². The number of carbonyl (C=O) groups is 1. The monoisotopic (exact) mass is 375 g/mol. The van der Waals surface area contributed by atoms with Gasteiger partial charge >= 0.3 is 0 Å². The van der Waals surface area contributed by atoms with Gasteiger partial charge in [-0.05, 0) is 23.8 Å².